The van der Waals surface area contributed by atoms with Crippen LogP contribution in [0.15, 0.2) is 22.7 Å². The molecule has 0 unspecified atom stereocenters. The van der Waals surface area contributed by atoms with Gasteiger partial charge in [-0.2, -0.15) is 4.98 Å². The maximum Gasteiger partial charge on any atom is 0.259 e. The van der Waals surface area contributed by atoms with Gasteiger partial charge in [0, 0.05) is 0 Å². The van der Waals surface area contributed by atoms with Gasteiger partial charge >= 0.3 is 0 Å². The average Bonchev–Trinajstić information content (AvgIpc) is 2.90. The molecule has 2 aromatic rings. The smallest absolute Gasteiger partial charge is 0.259 e. The summed E-state index contributed by atoms with van der Waals surface area (Å²) in [5.74, 6) is 0.383. The maximum atomic E-state index is 13.0. The SMILES string of the molecule is NC1(c2noc(-c3ccc(F)cc3Cl)n2)CCCCC1. The highest BCUT2D eigenvalue weighted by Gasteiger charge is 2.34. The van der Waals surface area contributed by atoms with Crippen LogP contribution in [0.25, 0.3) is 11.5 Å². The number of nitrogens with zero attached hydrogens (tertiary/aromatic N) is 2. The molecule has 0 saturated heterocycles. The lowest BCUT2D eigenvalue weighted by Gasteiger charge is -2.29. The van der Waals surface area contributed by atoms with Crippen molar-refractivity contribution in [3.63, 3.8) is 0 Å². The third-order valence-corrected chi connectivity index (χ3v) is 4.09. The zero-order chi connectivity index (χ0) is 14.2. The average molecular weight is 296 g/mol. The van der Waals surface area contributed by atoms with E-state index < -0.39 is 11.4 Å². The summed E-state index contributed by atoms with van der Waals surface area (Å²) in [7, 11) is 0. The molecule has 1 aromatic heterocycles. The summed E-state index contributed by atoms with van der Waals surface area (Å²) in [5, 5.41) is 4.23. The first-order valence-electron chi connectivity index (χ1n) is 6.67. The number of aromatic nitrogens is 2. The number of benzene rings is 1. The van der Waals surface area contributed by atoms with Crippen molar-refractivity contribution in [2.24, 2.45) is 5.73 Å². The quantitative estimate of drug-likeness (QED) is 0.918. The second-order valence-corrected chi connectivity index (χ2v) is 5.67. The number of rotatable bonds is 2. The van der Waals surface area contributed by atoms with Crippen LogP contribution in [0.2, 0.25) is 5.02 Å². The fourth-order valence-corrected chi connectivity index (χ4v) is 2.85. The first kappa shape index (κ1) is 13.5. The lowest BCUT2D eigenvalue weighted by molar-refractivity contribution is 0.275. The van der Waals surface area contributed by atoms with E-state index in [9.17, 15) is 4.39 Å². The Labute approximate surface area is 121 Å². The van der Waals surface area contributed by atoms with Crippen molar-refractivity contribution in [2.75, 3.05) is 0 Å². The third kappa shape index (κ3) is 2.43. The molecule has 3 rings (SSSR count). The monoisotopic (exact) mass is 295 g/mol. The highest BCUT2D eigenvalue weighted by atomic mass is 35.5. The Morgan fingerprint density at radius 1 is 1.25 bits per heavy atom. The largest absolute Gasteiger partial charge is 0.334 e. The molecule has 0 radical (unpaired) electrons. The zero-order valence-electron chi connectivity index (χ0n) is 10.9. The molecule has 106 valence electrons. The van der Waals surface area contributed by atoms with Crippen LogP contribution in [0, 0.1) is 5.82 Å². The predicted octanol–water partition coefficient (Wildman–Crippen LogP) is 3.65. The molecule has 1 heterocycles. The molecule has 0 spiro atoms. The molecule has 1 fully saturated rings. The van der Waals surface area contributed by atoms with Crippen LogP contribution in [0.3, 0.4) is 0 Å². The van der Waals surface area contributed by atoms with Gasteiger partial charge in [-0.05, 0) is 31.0 Å². The summed E-state index contributed by atoms with van der Waals surface area (Å²) in [5.41, 5.74) is 6.35. The number of hydrogen-bond acceptors (Lipinski definition) is 4. The van der Waals surface area contributed by atoms with E-state index in [1.54, 1.807) is 0 Å². The highest BCUT2D eigenvalue weighted by molar-refractivity contribution is 6.33. The highest BCUT2D eigenvalue weighted by Crippen LogP contribution is 2.35. The summed E-state index contributed by atoms with van der Waals surface area (Å²) < 4.78 is 18.3. The predicted molar refractivity (Wildman–Crippen MR) is 73.7 cm³/mol. The molecule has 1 saturated carbocycles. The van der Waals surface area contributed by atoms with Gasteiger partial charge in [0.15, 0.2) is 5.82 Å². The minimum absolute atomic E-state index is 0.245. The van der Waals surface area contributed by atoms with Crippen LogP contribution < -0.4 is 5.73 Å². The van der Waals surface area contributed by atoms with Gasteiger partial charge in [-0.25, -0.2) is 4.39 Å². The van der Waals surface area contributed by atoms with Crippen molar-refractivity contribution in [3.8, 4) is 11.5 Å². The minimum Gasteiger partial charge on any atom is -0.334 e. The van der Waals surface area contributed by atoms with Gasteiger partial charge in [-0.1, -0.05) is 36.0 Å². The van der Waals surface area contributed by atoms with E-state index >= 15 is 0 Å². The van der Waals surface area contributed by atoms with E-state index in [0.29, 0.717) is 11.4 Å². The van der Waals surface area contributed by atoms with Crippen molar-refractivity contribution in [3.05, 3.63) is 34.9 Å². The number of nitrogens with two attached hydrogens (primary N) is 1. The van der Waals surface area contributed by atoms with E-state index in [1.165, 1.54) is 24.6 Å². The van der Waals surface area contributed by atoms with E-state index in [4.69, 9.17) is 21.9 Å². The van der Waals surface area contributed by atoms with E-state index in [-0.39, 0.29) is 10.9 Å². The van der Waals surface area contributed by atoms with Crippen molar-refractivity contribution >= 4 is 11.6 Å². The van der Waals surface area contributed by atoms with Crippen molar-refractivity contribution < 1.29 is 8.91 Å². The van der Waals surface area contributed by atoms with Crippen LogP contribution in [0.4, 0.5) is 4.39 Å². The van der Waals surface area contributed by atoms with Gasteiger partial charge in [0.05, 0.1) is 16.1 Å². The van der Waals surface area contributed by atoms with E-state index in [1.807, 2.05) is 0 Å². The molecule has 0 atom stereocenters. The molecule has 1 aliphatic rings. The van der Waals surface area contributed by atoms with Gasteiger partial charge in [-0.15, -0.1) is 0 Å². The molecule has 2 N–H and O–H groups in total. The molecule has 0 bridgehead atoms. The fourth-order valence-electron chi connectivity index (χ4n) is 2.60. The summed E-state index contributed by atoms with van der Waals surface area (Å²) >= 11 is 5.99. The topological polar surface area (TPSA) is 64.9 Å². The van der Waals surface area contributed by atoms with Gasteiger partial charge in [0.1, 0.15) is 5.82 Å². The fraction of sp³-hybridized carbons (Fsp3) is 0.429. The normalized spacial score (nSPS) is 18.1. The van der Waals surface area contributed by atoms with E-state index in [0.717, 1.165) is 25.7 Å². The van der Waals surface area contributed by atoms with Gasteiger partial charge in [0.2, 0.25) is 0 Å². The maximum absolute atomic E-state index is 13.0. The summed E-state index contributed by atoms with van der Waals surface area (Å²) in [6.07, 6.45) is 5.02. The molecule has 1 aliphatic carbocycles. The first-order chi connectivity index (χ1) is 9.58. The van der Waals surface area contributed by atoms with Crippen LogP contribution in [0.5, 0.6) is 0 Å². The molecular weight excluding hydrogens is 281 g/mol. The Kier molecular flexibility index (Phi) is 3.48. The van der Waals surface area contributed by atoms with Crippen LogP contribution >= 0.6 is 11.6 Å². The van der Waals surface area contributed by atoms with Crippen molar-refractivity contribution in [1.82, 2.24) is 10.1 Å². The first-order valence-corrected chi connectivity index (χ1v) is 7.05. The number of halogens is 2. The summed E-state index contributed by atoms with van der Waals surface area (Å²) in [4.78, 5) is 4.36. The minimum atomic E-state index is -0.521. The Morgan fingerprint density at radius 2 is 2.00 bits per heavy atom. The van der Waals surface area contributed by atoms with Crippen LogP contribution in [0.1, 0.15) is 37.9 Å². The Balaban J connectivity index is 1.93. The summed E-state index contributed by atoms with van der Waals surface area (Å²) in [6.45, 7) is 0. The van der Waals surface area contributed by atoms with Crippen molar-refractivity contribution in [2.45, 2.75) is 37.6 Å². The molecule has 4 nitrogen and oxygen atoms in total. The number of hydrogen-bond donors (Lipinski definition) is 1. The molecule has 20 heavy (non-hydrogen) atoms. The molecule has 0 aliphatic heterocycles. The van der Waals surface area contributed by atoms with E-state index in [2.05, 4.69) is 10.1 Å². The van der Waals surface area contributed by atoms with Crippen LogP contribution in [-0.4, -0.2) is 10.1 Å². The molecule has 1 aromatic carbocycles. The van der Waals surface area contributed by atoms with Gasteiger partial charge in [-0.3, -0.25) is 0 Å². The molecular formula is C14H15ClFN3O. The lowest BCUT2D eigenvalue weighted by atomic mass is 9.82. The van der Waals surface area contributed by atoms with Crippen molar-refractivity contribution in [1.29, 1.82) is 0 Å². The lowest BCUT2D eigenvalue weighted by Crippen LogP contribution is -2.39. The zero-order valence-corrected chi connectivity index (χ0v) is 11.7. The Morgan fingerprint density at radius 3 is 2.70 bits per heavy atom. The Hall–Kier alpha value is -1.46. The van der Waals surface area contributed by atoms with Gasteiger partial charge < -0.3 is 10.3 Å². The second kappa shape index (κ2) is 5.14. The Bertz CT molecular complexity index is 623. The molecule has 6 heteroatoms. The van der Waals surface area contributed by atoms with Crippen LogP contribution in [-0.2, 0) is 5.54 Å². The van der Waals surface area contributed by atoms with Gasteiger partial charge in [0.25, 0.3) is 5.89 Å². The second-order valence-electron chi connectivity index (χ2n) is 5.26. The standard InChI is InChI=1S/C14H15ClFN3O/c15-11-8-9(16)4-5-10(11)12-18-13(19-20-12)14(17)6-2-1-3-7-14/h4-5,8H,1-3,6-7,17H2. The summed E-state index contributed by atoms with van der Waals surface area (Å²) in [6, 6.07) is 4.06. The molecule has 0 amide bonds. The third-order valence-electron chi connectivity index (χ3n) is 3.78.